The SMILES string of the molecule is COc1c(-c2ccc(-c3ccncc3)cc2)nc2c(Br)cncc2c1C(=O)NO. The molecule has 0 aliphatic rings. The number of rotatable bonds is 4. The van der Waals surface area contributed by atoms with Crippen LogP contribution in [0.1, 0.15) is 10.4 Å². The Labute approximate surface area is 174 Å². The summed E-state index contributed by atoms with van der Waals surface area (Å²) in [5.74, 6) is -0.454. The highest BCUT2D eigenvalue weighted by Crippen LogP contribution is 2.38. The number of halogens is 1. The van der Waals surface area contributed by atoms with Crippen molar-refractivity contribution >= 4 is 32.7 Å². The van der Waals surface area contributed by atoms with Crippen LogP contribution in [0.15, 0.2) is 65.7 Å². The van der Waals surface area contributed by atoms with Gasteiger partial charge >= 0.3 is 0 Å². The van der Waals surface area contributed by atoms with Crippen LogP contribution >= 0.6 is 15.9 Å². The molecule has 0 saturated heterocycles. The topological polar surface area (TPSA) is 97.2 Å². The number of nitrogens with zero attached hydrogens (tertiary/aromatic N) is 3. The van der Waals surface area contributed by atoms with Crippen LogP contribution in [0.2, 0.25) is 0 Å². The van der Waals surface area contributed by atoms with Crippen molar-refractivity contribution < 1.29 is 14.7 Å². The third-order valence-electron chi connectivity index (χ3n) is 4.51. The number of fused-ring (bicyclic) bond motifs is 1. The average Bonchev–Trinajstić information content (AvgIpc) is 2.78. The fourth-order valence-corrected chi connectivity index (χ4v) is 3.59. The van der Waals surface area contributed by atoms with Crippen LogP contribution in [0.3, 0.4) is 0 Å². The number of hydrogen-bond donors (Lipinski definition) is 2. The summed E-state index contributed by atoms with van der Waals surface area (Å²) in [7, 11) is 1.46. The number of ether oxygens (including phenoxy) is 1. The van der Waals surface area contributed by atoms with E-state index in [9.17, 15) is 10.0 Å². The lowest BCUT2D eigenvalue weighted by Crippen LogP contribution is -2.20. The summed E-state index contributed by atoms with van der Waals surface area (Å²) in [6.07, 6.45) is 6.58. The number of benzene rings is 1. The Morgan fingerprint density at radius 3 is 2.31 bits per heavy atom. The Balaban J connectivity index is 1.93. The van der Waals surface area contributed by atoms with E-state index in [1.54, 1.807) is 24.1 Å². The Kier molecular flexibility index (Phi) is 5.20. The highest BCUT2D eigenvalue weighted by atomic mass is 79.9. The summed E-state index contributed by atoms with van der Waals surface area (Å²) in [6, 6.07) is 11.6. The van der Waals surface area contributed by atoms with Crippen molar-refractivity contribution in [3.8, 4) is 28.1 Å². The van der Waals surface area contributed by atoms with E-state index >= 15 is 0 Å². The first-order chi connectivity index (χ1) is 14.1. The van der Waals surface area contributed by atoms with Gasteiger partial charge in [0, 0.05) is 35.7 Å². The predicted molar refractivity (Wildman–Crippen MR) is 112 cm³/mol. The molecular weight excluding hydrogens is 436 g/mol. The highest BCUT2D eigenvalue weighted by molar-refractivity contribution is 9.10. The van der Waals surface area contributed by atoms with E-state index < -0.39 is 5.91 Å². The normalized spacial score (nSPS) is 10.7. The van der Waals surface area contributed by atoms with Gasteiger partial charge in [0.05, 0.1) is 22.7 Å². The lowest BCUT2D eigenvalue weighted by atomic mass is 10.0. The fraction of sp³-hybridized carbons (Fsp3) is 0.0476. The van der Waals surface area contributed by atoms with Gasteiger partial charge in [0.2, 0.25) is 0 Å². The van der Waals surface area contributed by atoms with Crippen LogP contribution < -0.4 is 10.2 Å². The molecule has 29 heavy (non-hydrogen) atoms. The maximum atomic E-state index is 12.4. The lowest BCUT2D eigenvalue weighted by Gasteiger charge is -2.15. The Morgan fingerprint density at radius 2 is 1.66 bits per heavy atom. The van der Waals surface area contributed by atoms with E-state index in [0.29, 0.717) is 21.1 Å². The maximum absolute atomic E-state index is 12.4. The van der Waals surface area contributed by atoms with Gasteiger partial charge in [-0.2, -0.15) is 0 Å². The second-order valence-electron chi connectivity index (χ2n) is 6.14. The van der Waals surface area contributed by atoms with Gasteiger partial charge in [-0.25, -0.2) is 10.5 Å². The standard InChI is InChI=1S/C21H15BrN4O3/c1-29-20-17(21(27)26-28)15-10-24-11-16(22)19(15)25-18(20)14-4-2-12(3-5-14)13-6-8-23-9-7-13/h2-11,28H,1H3,(H,26,27). The first-order valence-corrected chi connectivity index (χ1v) is 9.39. The monoisotopic (exact) mass is 450 g/mol. The van der Waals surface area contributed by atoms with Crippen molar-refractivity contribution in [1.29, 1.82) is 0 Å². The van der Waals surface area contributed by atoms with Gasteiger partial charge in [-0.1, -0.05) is 24.3 Å². The molecule has 144 valence electrons. The quantitative estimate of drug-likeness (QED) is 0.356. The highest BCUT2D eigenvalue weighted by Gasteiger charge is 2.23. The van der Waals surface area contributed by atoms with E-state index in [1.807, 2.05) is 36.4 Å². The number of amides is 1. The van der Waals surface area contributed by atoms with Gasteiger partial charge < -0.3 is 4.74 Å². The van der Waals surface area contributed by atoms with Gasteiger partial charge in [-0.15, -0.1) is 0 Å². The summed E-state index contributed by atoms with van der Waals surface area (Å²) in [4.78, 5) is 25.3. The second-order valence-corrected chi connectivity index (χ2v) is 6.99. The second kappa shape index (κ2) is 7.94. The van der Waals surface area contributed by atoms with Gasteiger partial charge in [0.1, 0.15) is 5.69 Å². The van der Waals surface area contributed by atoms with Crippen LogP contribution in [-0.2, 0) is 0 Å². The van der Waals surface area contributed by atoms with Crippen LogP contribution in [-0.4, -0.2) is 33.2 Å². The Bertz CT molecular complexity index is 1200. The largest absolute Gasteiger partial charge is 0.494 e. The first kappa shape index (κ1) is 19.0. The third-order valence-corrected chi connectivity index (χ3v) is 5.09. The number of carbonyl (C=O) groups excluding carboxylic acids is 1. The van der Waals surface area contributed by atoms with Gasteiger partial charge in [-0.05, 0) is 39.2 Å². The minimum absolute atomic E-state index is 0.155. The molecule has 2 N–H and O–H groups in total. The summed E-state index contributed by atoms with van der Waals surface area (Å²) in [5, 5.41) is 9.71. The molecular formula is C21H15BrN4O3. The minimum atomic E-state index is -0.705. The van der Waals surface area contributed by atoms with E-state index in [4.69, 9.17) is 9.72 Å². The Hall–Kier alpha value is -3.36. The van der Waals surface area contributed by atoms with Crippen molar-refractivity contribution in [3.63, 3.8) is 0 Å². The third kappa shape index (κ3) is 3.43. The number of nitrogens with one attached hydrogen (secondary N) is 1. The van der Waals surface area contributed by atoms with Gasteiger partial charge in [0.25, 0.3) is 5.91 Å². The molecule has 1 amide bonds. The molecule has 8 heteroatoms. The fourth-order valence-electron chi connectivity index (χ4n) is 3.17. The van der Waals surface area contributed by atoms with Crippen LogP contribution in [0.25, 0.3) is 33.3 Å². The molecule has 1 aromatic carbocycles. The lowest BCUT2D eigenvalue weighted by molar-refractivity contribution is 0.0705. The summed E-state index contributed by atoms with van der Waals surface area (Å²) in [6.45, 7) is 0. The smallest absolute Gasteiger partial charge is 0.279 e. The number of hydroxylamine groups is 1. The van der Waals surface area contributed by atoms with E-state index in [-0.39, 0.29) is 11.3 Å². The molecule has 0 aliphatic heterocycles. The van der Waals surface area contributed by atoms with Crippen LogP contribution in [0.5, 0.6) is 5.75 Å². The van der Waals surface area contributed by atoms with Gasteiger partial charge in [-0.3, -0.25) is 20.0 Å². The predicted octanol–water partition coefficient (Wildman–Crippen LogP) is 4.25. The zero-order chi connectivity index (χ0) is 20.4. The molecule has 0 saturated carbocycles. The number of hydrogen-bond acceptors (Lipinski definition) is 6. The number of carbonyl (C=O) groups is 1. The molecule has 3 aromatic heterocycles. The van der Waals surface area contributed by atoms with Crippen molar-refractivity contribution in [3.05, 3.63) is 71.2 Å². The molecule has 0 radical (unpaired) electrons. The Morgan fingerprint density at radius 1 is 1.00 bits per heavy atom. The molecule has 4 rings (SSSR count). The molecule has 0 unspecified atom stereocenters. The molecule has 4 aromatic rings. The molecule has 7 nitrogen and oxygen atoms in total. The average molecular weight is 451 g/mol. The molecule has 0 bridgehead atoms. The number of methoxy groups -OCH3 is 1. The number of pyridine rings is 3. The molecule has 0 fully saturated rings. The van der Waals surface area contributed by atoms with Gasteiger partial charge in [0.15, 0.2) is 5.75 Å². The zero-order valence-corrected chi connectivity index (χ0v) is 16.8. The molecule has 0 aliphatic carbocycles. The zero-order valence-electron chi connectivity index (χ0n) is 15.3. The summed E-state index contributed by atoms with van der Waals surface area (Å²) in [5.41, 5.74) is 5.67. The van der Waals surface area contributed by atoms with Crippen molar-refractivity contribution in [2.24, 2.45) is 0 Å². The van der Waals surface area contributed by atoms with Crippen LogP contribution in [0.4, 0.5) is 0 Å². The number of aromatic nitrogens is 3. The van der Waals surface area contributed by atoms with E-state index in [1.165, 1.54) is 13.3 Å². The molecule has 0 spiro atoms. The first-order valence-electron chi connectivity index (χ1n) is 8.60. The maximum Gasteiger partial charge on any atom is 0.279 e. The van der Waals surface area contributed by atoms with E-state index in [2.05, 4.69) is 25.9 Å². The molecule has 0 atom stereocenters. The van der Waals surface area contributed by atoms with Crippen LogP contribution in [0, 0.1) is 0 Å². The van der Waals surface area contributed by atoms with Crippen molar-refractivity contribution in [2.75, 3.05) is 7.11 Å². The van der Waals surface area contributed by atoms with Crippen molar-refractivity contribution in [1.82, 2.24) is 20.4 Å². The molecule has 3 heterocycles. The summed E-state index contributed by atoms with van der Waals surface area (Å²) < 4.78 is 6.16. The minimum Gasteiger partial charge on any atom is -0.494 e. The summed E-state index contributed by atoms with van der Waals surface area (Å²) >= 11 is 3.43. The van der Waals surface area contributed by atoms with Crippen molar-refractivity contribution in [2.45, 2.75) is 0 Å². The van der Waals surface area contributed by atoms with E-state index in [0.717, 1.165) is 16.7 Å².